The van der Waals surface area contributed by atoms with Crippen molar-refractivity contribution >= 4 is 10.0 Å². The summed E-state index contributed by atoms with van der Waals surface area (Å²) >= 11 is 0. The average molecular weight is 282 g/mol. The Morgan fingerprint density at radius 3 is 2.21 bits per heavy atom. The maximum absolute atomic E-state index is 12.3. The summed E-state index contributed by atoms with van der Waals surface area (Å²) < 4.78 is 27.5. The number of aryl methyl sites for hydroxylation is 1. The van der Waals surface area contributed by atoms with E-state index >= 15 is 0 Å². The first kappa shape index (κ1) is 14.5. The van der Waals surface area contributed by atoms with E-state index in [0.29, 0.717) is 4.90 Å². The largest absolute Gasteiger partial charge is 0.315 e. The Hall–Kier alpha value is -0.910. The fourth-order valence-electron chi connectivity index (χ4n) is 2.60. The minimum absolute atomic E-state index is 0.00921. The van der Waals surface area contributed by atoms with Gasteiger partial charge in [0.1, 0.15) is 0 Å². The van der Waals surface area contributed by atoms with Crippen LogP contribution in [0.15, 0.2) is 29.2 Å². The van der Waals surface area contributed by atoms with Gasteiger partial charge >= 0.3 is 0 Å². The van der Waals surface area contributed by atoms with E-state index in [9.17, 15) is 8.42 Å². The fraction of sp³-hybridized carbons (Fsp3) is 0.571. The van der Waals surface area contributed by atoms with Gasteiger partial charge in [-0.25, -0.2) is 13.1 Å². The summed E-state index contributed by atoms with van der Waals surface area (Å²) in [5.74, 6) is 0. The van der Waals surface area contributed by atoms with Crippen LogP contribution < -0.4 is 10.0 Å². The van der Waals surface area contributed by atoms with Crippen molar-refractivity contribution in [3.8, 4) is 0 Å². The van der Waals surface area contributed by atoms with Crippen LogP contribution in [0.3, 0.4) is 0 Å². The Bertz CT molecular complexity index is 511. The van der Waals surface area contributed by atoms with Crippen molar-refractivity contribution in [2.24, 2.45) is 0 Å². The molecule has 1 fully saturated rings. The molecule has 2 unspecified atom stereocenters. The summed E-state index contributed by atoms with van der Waals surface area (Å²) in [6.07, 6.45) is 4.17. The minimum Gasteiger partial charge on any atom is -0.315 e. The lowest BCUT2D eigenvalue weighted by molar-refractivity contribution is 0.324. The highest BCUT2D eigenvalue weighted by Crippen LogP contribution is 2.20. The van der Waals surface area contributed by atoms with Gasteiger partial charge in [0.15, 0.2) is 0 Å². The van der Waals surface area contributed by atoms with Crippen molar-refractivity contribution in [1.82, 2.24) is 10.0 Å². The molecule has 0 aliphatic heterocycles. The van der Waals surface area contributed by atoms with Crippen LogP contribution in [0, 0.1) is 6.92 Å². The van der Waals surface area contributed by atoms with Gasteiger partial charge < -0.3 is 5.32 Å². The first-order valence-electron chi connectivity index (χ1n) is 6.79. The number of hydrogen-bond acceptors (Lipinski definition) is 3. The molecule has 5 heteroatoms. The molecule has 0 aromatic heterocycles. The molecule has 0 heterocycles. The SMILES string of the molecule is CNC1CCCCC1NS(=O)(=O)c1ccc(C)cc1. The van der Waals surface area contributed by atoms with Crippen LogP contribution in [0.25, 0.3) is 0 Å². The van der Waals surface area contributed by atoms with Crippen LogP contribution in [0.4, 0.5) is 0 Å². The highest BCUT2D eigenvalue weighted by Gasteiger charge is 2.28. The minimum atomic E-state index is -3.41. The Morgan fingerprint density at radius 1 is 1.05 bits per heavy atom. The molecule has 0 spiro atoms. The van der Waals surface area contributed by atoms with E-state index in [1.165, 1.54) is 0 Å². The Labute approximate surface area is 115 Å². The van der Waals surface area contributed by atoms with E-state index < -0.39 is 10.0 Å². The lowest BCUT2D eigenvalue weighted by Crippen LogP contribution is -2.50. The van der Waals surface area contributed by atoms with Gasteiger partial charge in [0.05, 0.1) is 4.90 Å². The molecule has 19 heavy (non-hydrogen) atoms. The third kappa shape index (κ3) is 3.55. The highest BCUT2D eigenvalue weighted by atomic mass is 32.2. The van der Waals surface area contributed by atoms with Gasteiger partial charge in [-0.15, -0.1) is 0 Å². The van der Waals surface area contributed by atoms with E-state index in [0.717, 1.165) is 31.2 Å². The van der Waals surface area contributed by atoms with Gasteiger partial charge in [-0.3, -0.25) is 0 Å². The molecule has 0 bridgehead atoms. The van der Waals surface area contributed by atoms with Crippen LogP contribution in [0.5, 0.6) is 0 Å². The van der Waals surface area contributed by atoms with Crippen LogP contribution in [0.2, 0.25) is 0 Å². The Balaban J connectivity index is 2.14. The van der Waals surface area contributed by atoms with Gasteiger partial charge in [-0.1, -0.05) is 30.5 Å². The highest BCUT2D eigenvalue weighted by molar-refractivity contribution is 7.89. The van der Waals surface area contributed by atoms with Crippen LogP contribution in [-0.4, -0.2) is 27.5 Å². The molecule has 106 valence electrons. The van der Waals surface area contributed by atoms with E-state index in [1.807, 2.05) is 26.1 Å². The second-order valence-electron chi connectivity index (χ2n) is 5.22. The predicted molar refractivity (Wildman–Crippen MR) is 76.6 cm³/mol. The summed E-state index contributed by atoms with van der Waals surface area (Å²) in [6, 6.07) is 7.19. The third-order valence-electron chi connectivity index (χ3n) is 3.77. The second-order valence-corrected chi connectivity index (χ2v) is 6.93. The molecule has 1 aromatic carbocycles. The maximum Gasteiger partial charge on any atom is 0.240 e. The monoisotopic (exact) mass is 282 g/mol. The molecule has 2 rings (SSSR count). The van der Waals surface area contributed by atoms with E-state index in [1.54, 1.807) is 12.1 Å². The first-order valence-corrected chi connectivity index (χ1v) is 8.27. The van der Waals surface area contributed by atoms with Gasteiger partial charge in [-0.2, -0.15) is 0 Å². The number of rotatable bonds is 4. The molecule has 1 aliphatic rings. The van der Waals surface area contributed by atoms with E-state index in [-0.39, 0.29) is 12.1 Å². The van der Waals surface area contributed by atoms with Gasteiger partial charge in [0, 0.05) is 12.1 Å². The molecule has 4 nitrogen and oxygen atoms in total. The second kappa shape index (κ2) is 6.03. The van der Waals surface area contributed by atoms with Crippen molar-refractivity contribution in [1.29, 1.82) is 0 Å². The molecule has 0 amide bonds. The quantitative estimate of drug-likeness (QED) is 0.885. The fourth-order valence-corrected chi connectivity index (χ4v) is 3.91. The van der Waals surface area contributed by atoms with Crippen LogP contribution >= 0.6 is 0 Å². The third-order valence-corrected chi connectivity index (χ3v) is 5.28. The lowest BCUT2D eigenvalue weighted by Gasteiger charge is -2.31. The Kier molecular flexibility index (Phi) is 4.60. The topological polar surface area (TPSA) is 58.2 Å². The zero-order valence-corrected chi connectivity index (χ0v) is 12.3. The maximum atomic E-state index is 12.3. The summed E-state index contributed by atoms with van der Waals surface area (Å²) in [6.45, 7) is 1.95. The number of nitrogens with one attached hydrogen (secondary N) is 2. The lowest BCUT2D eigenvalue weighted by atomic mass is 9.91. The summed E-state index contributed by atoms with van der Waals surface area (Å²) in [7, 11) is -1.52. The van der Waals surface area contributed by atoms with Crippen molar-refractivity contribution in [2.75, 3.05) is 7.05 Å². The molecular weight excluding hydrogens is 260 g/mol. The molecule has 1 saturated carbocycles. The average Bonchev–Trinajstić information content (AvgIpc) is 2.39. The van der Waals surface area contributed by atoms with Gasteiger partial charge in [0.25, 0.3) is 0 Å². The van der Waals surface area contributed by atoms with Crippen LogP contribution in [0.1, 0.15) is 31.2 Å². The first-order chi connectivity index (χ1) is 9.03. The summed E-state index contributed by atoms with van der Waals surface area (Å²) in [4.78, 5) is 0.346. The zero-order chi connectivity index (χ0) is 13.9. The smallest absolute Gasteiger partial charge is 0.240 e. The molecular formula is C14H22N2O2S. The van der Waals surface area contributed by atoms with Crippen molar-refractivity contribution < 1.29 is 8.42 Å². The zero-order valence-electron chi connectivity index (χ0n) is 11.5. The van der Waals surface area contributed by atoms with Crippen molar-refractivity contribution in [3.63, 3.8) is 0 Å². The predicted octanol–water partition coefficient (Wildman–Crippen LogP) is 1.80. The number of likely N-dealkylation sites (N-methyl/N-ethyl adjacent to an activating group) is 1. The normalized spacial score (nSPS) is 24.3. The molecule has 0 saturated heterocycles. The molecule has 1 aromatic rings. The molecule has 0 radical (unpaired) electrons. The van der Waals surface area contributed by atoms with Crippen molar-refractivity contribution in [3.05, 3.63) is 29.8 Å². The van der Waals surface area contributed by atoms with Crippen LogP contribution in [-0.2, 0) is 10.0 Å². The number of benzene rings is 1. The molecule has 2 N–H and O–H groups in total. The number of sulfonamides is 1. The standard InChI is InChI=1S/C14H22N2O2S/c1-11-7-9-12(10-8-11)19(17,18)16-14-6-4-3-5-13(14)15-2/h7-10,13-16H,3-6H2,1-2H3. The van der Waals surface area contributed by atoms with Gasteiger partial charge in [-0.05, 0) is 38.9 Å². The van der Waals surface area contributed by atoms with E-state index in [4.69, 9.17) is 0 Å². The van der Waals surface area contributed by atoms with Gasteiger partial charge in [0.2, 0.25) is 10.0 Å². The summed E-state index contributed by atoms with van der Waals surface area (Å²) in [5, 5.41) is 3.21. The molecule has 2 atom stereocenters. The molecule has 1 aliphatic carbocycles. The Morgan fingerprint density at radius 2 is 1.63 bits per heavy atom. The number of hydrogen-bond donors (Lipinski definition) is 2. The summed E-state index contributed by atoms with van der Waals surface area (Å²) in [5.41, 5.74) is 1.06. The van der Waals surface area contributed by atoms with Crippen molar-refractivity contribution in [2.45, 2.75) is 49.6 Å². The van der Waals surface area contributed by atoms with E-state index in [2.05, 4.69) is 10.0 Å².